The molecular formula is C22H16Cl2FN3OS. The zero-order valence-electron chi connectivity index (χ0n) is 15.6. The fraction of sp³-hybridized carbons (Fsp3) is 0.0909. The molecule has 0 saturated carbocycles. The summed E-state index contributed by atoms with van der Waals surface area (Å²) in [5.41, 5.74) is 9.31. The Labute approximate surface area is 187 Å². The molecule has 0 saturated heterocycles. The number of thioether (sulfide) groups is 1. The van der Waals surface area contributed by atoms with Crippen molar-refractivity contribution in [3.05, 3.63) is 99.6 Å². The molecule has 8 heteroatoms. The Morgan fingerprint density at radius 1 is 1.00 bits per heavy atom. The zero-order valence-corrected chi connectivity index (χ0v) is 17.9. The van der Waals surface area contributed by atoms with Crippen molar-refractivity contribution in [3.63, 3.8) is 0 Å². The molecule has 152 valence electrons. The number of halogens is 3. The molecule has 4 nitrogen and oxygen atoms in total. The van der Waals surface area contributed by atoms with Crippen molar-refractivity contribution in [2.45, 2.75) is 11.0 Å². The topological polar surface area (TPSA) is 64.9 Å². The maximum Gasteiger partial charge on any atom is 0.236 e. The van der Waals surface area contributed by atoms with Gasteiger partial charge in [-0.25, -0.2) is 4.39 Å². The van der Waals surface area contributed by atoms with E-state index >= 15 is 0 Å². The molecule has 1 unspecified atom stereocenters. The molecule has 0 bridgehead atoms. The highest BCUT2D eigenvalue weighted by Gasteiger charge is 2.22. The van der Waals surface area contributed by atoms with Crippen LogP contribution in [0.3, 0.4) is 0 Å². The van der Waals surface area contributed by atoms with Crippen molar-refractivity contribution < 1.29 is 8.91 Å². The number of anilines is 1. The third kappa shape index (κ3) is 4.61. The van der Waals surface area contributed by atoms with Crippen LogP contribution in [0.15, 0.2) is 71.3 Å². The van der Waals surface area contributed by atoms with E-state index in [9.17, 15) is 4.39 Å². The largest absolute Gasteiger partial charge is 0.398 e. The Hall–Kier alpha value is -2.54. The summed E-state index contributed by atoms with van der Waals surface area (Å²) in [6.07, 6.45) is 0. The standard InChI is InChI=1S/C22H16Cl2FN3OS/c23-14-7-10-19(26)17(11-14)21(16-3-1-2-4-18(16)24)30-12-20-27-22(28-29-20)13-5-8-15(25)9-6-13/h1-11,21H,12,26H2. The van der Waals surface area contributed by atoms with E-state index in [1.54, 1.807) is 36.0 Å². The van der Waals surface area contributed by atoms with Crippen molar-refractivity contribution in [2.24, 2.45) is 0 Å². The van der Waals surface area contributed by atoms with E-state index in [4.69, 9.17) is 33.5 Å². The molecule has 0 radical (unpaired) electrons. The van der Waals surface area contributed by atoms with Crippen molar-refractivity contribution >= 4 is 40.7 Å². The van der Waals surface area contributed by atoms with Gasteiger partial charge in [-0.15, -0.1) is 11.8 Å². The molecule has 0 fully saturated rings. The van der Waals surface area contributed by atoms with Gasteiger partial charge in [-0.05, 0) is 59.7 Å². The van der Waals surface area contributed by atoms with Gasteiger partial charge in [0, 0.05) is 21.3 Å². The zero-order chi connectivity index (χ0) is 21.1. The van der Waals surface area contributed by atoms with Crippen molar-refractivity contribution in [1.82, 2.24) is 10.1 Å². The summed E-state index contributed by atoms with van der Waals surface area (Å²) < 4.78 is 18.5. The summed E-state index contributed by atoms with van der Waals surface area (Å²) in [7, 11) is 0. The lowest BCUT2D eigenvalue weighted by Crippen LogP contribution is -2.03. The van der Waals surface area contributed by atoms with Crippen LogP contribution in [0.25, 0.3) is 11.4 Å². The van der Waals surface area contributed by atoms with Gasteiger partial charge in [0.15, 0.2) is 0 Å². The molecule has 1 aromatic heterocycles. The fourth-order valence-corrected chi connectivity index (χ4v) is 4.68. The van der Waals surface area contributed by atoms with Crippen molar-refractivity contribution in [3.8, 4) is 11.4 Å². The lowest BCUT2D eigenvalue weighted by atomic mass is 10.0. The summed E-state index contributed by atoms with van der Waals surface area (Å²) in [5.74, 6) is 0.953. The van der Waals surface area contributed by atoms with Crippen LogP contribution in [0.5, 0.6) is 0 Å². The van der Waals surface area contributed by atoms with Crippen molar-refractivity contribution in [1.29, 1.82) is 0 Å². The highest BCUT2D eigenvalue weighted by molar-refractivity contribution is 7.98. The SMILES string of the molecule is Nc1ccc(Cl)cc1C(SCc1nc(-c2ccc(F)cc2)no1)c1ccccc1Cl. The first-order valence-electron chi connectivity index (χ1n) is 9.01. The van der Waals surface area contributed by atoms with E-state index in [-0.39, 0.29) is 11.1 Å². The Balaban J connectivity index is 1.61. The van der Waals surface area contributed by atoms with E-state index in [1.165, 1.54) is 12.1 Å². The molecule has 1 heterocycles. The minimum atomic E-state index is -0.320. The maximum atomic E-state index is 13.1. The van der Waals surface area contributed by atoms with Gasteiger partial charge < -0.3 is 10.3 Å². The van der Waals surface area contributed by atoms with Crippen molar-refractivity contribution in [2.75, 3.05) is 5.73 Å². The molecule has 1 atom stereocenters. The number of aromatic nitrogens is 2. The molecule has 0 aliphatic carbocycles. The first-order valence-corrected chi connectivity index (χ1v) is 10.8. The highest BCUT2D eigenvalue weighted by Crippen LogP contribution is 2.43. The minimum Gasteiger partial charge on any atom is -0.398 e. The first-order chi connectivity index (χ1) is 14.5. The summed E-state index contributed by atoms with van der Waals surface area (Å²) >= 11 is 14.2. The van der Waals surface area contributed by atoms with Gasteiger partial charge in [0.25, 0.3) is 0 Å². The maximum absolute atomic E-state index is 13.1. The second-order valence-corrected chi connectivity index (χ2v) is 8.44. The van der Waals surface area contributed by atoms with Gasteiger partial charge in [0.2, 0.25) is 11.7 Å². The fourth-order valence-electron chi connectivity index (χ4n) is 2.99. The molecule has 0 aliphatic rings. The first kappa shape index (κ1) is 20.7. The average molecular weight is 460 g/mol. The van der Waals surface area contributed by atoms with Gasteiger partial charge in [-0.1, -0.05) is 46.6 Å². The summed E-state index contributed by atoms with van der Waals surface area (Å²) in [6.45, 7) is 0. The van der Waals surface area contributed by atoms with E-state index in [1.807, 2.05) is 30.3 Å². The number of hydrogen-bond acceptors (Lipinski definition) is 5. The second kappa shape index (κ2) is 9.08. The van der Waals surface area contributed by atoms with Crippen LogP contribution in [-0.4, -0.2) is 10.1 Å². The van der Waals surface area contributed by atoms with Gasteiger partial charge in [0.05, 0.1) is 11.0 Å². The van der Waals surface area contributed by atoms with Gasteiger partial charge in [-0.3, -0.25) is 0 Å². The number of nitrogens with zero attached hydrogens (tertiary/aromatic N) is 2. The average Bonchev–Trinajstić information content (AvgIpc) is 3.21. The Morgan fingerprint density at radius 2 is 1.77 bits per heavy atom. The molecule has 0 amide bonds. The van der Waals surface area contributed by atoms with Crippen LogP contribution in [0, 0.1) is 5.82 Å². The van der Waals surface area contributed by atoms with Gasteiger partial charge in [0.1, 0.15) is 5.82 Å². The number of hydrogen-bond donors (Lipinski definition) is 1. The molecule has 0 spiro atoms. The predicted molar refractivity (Wildman–Crippen MR) is 120 cm³/mol. The molecular weight excluding hydrogens is 444 g/mol. The monoisotopic (exact) mass is 459 g/mol. The third-order valence-corrected chi connectivity index (χ3v) is 6.30. The van der Waals surface area contributed by atoms with E-state index < -0.39 is 0 Å². The number of nitrogens with two attached hydrogens (primary N) is 1. The smallest absolute Gasteiger partial charge is 0.236 e. The summed E-state index contributed by atoms with van der Waals surface area (Å²) in [6, 6.07) is 18.9. The second-order valence-electron chi connectivity index (χ2n) is 6.50. The lowest BCUT2D eigenvalue weighted by molar-refractivity contribution is 0.391. The van der Waals surface area contributed by atoms with Crippen LogP contribution in [0.1, 0.15) is 22.3 Å². The Morgan fingerprint density at radius 3 is 2.53 bits per heavy atom. The quantitative estimate of drug-likeness (QED) is 0.321. The molecule has 0 aliphatic heterocycles. The van der Waals surface area contributed by atoms with E-state index in [0.29, 0.717) is 38.8 Å². The van der Waals surface area contributed by atoms with Gasteiger partial charge >= 0.3 is 0 Å². The number of rotatable bonds is 6. The lowest BCUT2D eigenvalue weighted by Gasteiger charge is -2.20. The van der Waals surface area contributed by atoms with Gasteiger partial charge in [-0.2, -0.15) is 4.98 Å². The van der Waals surface area contributed by atoms with Crippen LogP contribution in [0.2, 0.25) is 10.0 Å². The van der Waals surface area contributed by atoms with Crippen LogP contribution in [-0.2, 0) is 5.75 Å². The molecule has 4 rings (SSSR count). The van der Waals surface area contributed by atoms with Crippen LogP contribution < -0.4 is 5.73 Å². The molecule has 2 N–H and O–H groups in total. The number of nitrogen functional groups attached to an aromatic ring is 1. The highest BCUT2D eigenvalue weighted by atomic mass is 35.5. The van der Waals surface area contributed by atoms with E-state index in [0.717, 1.165) is 11.1 Å². The summed E-state index contributed by atoms with van der Waals surface area (Å²) in [5, 5.41) is 5.04. The van der Waals surface area contributed by atoms with Crippen LogP contribution >= 0.6 is 35.0 Å². The minimum absolute atomic E-state index is 0.182. The van der Waals surface area contributed by atoms with E-state index in [2.05, 4.69) is 10.1 Å². The molecule has 4 aromatic rings. The summed E-state index contributed by atoms with van der Waals surface area (Å²) in [4.78, 5) is 4.42. The third-order valence-electron chi connectivity index (χ3n) is 4.46. The molecule has 3 aromatic carbocycles. The molecule has 30 heavy (non-hydrogen) atoms. The number of benzene rings is 3. The Bertz CT molecular complexity index is 1170. The normalized spacial score (nSPS) is 12.1. The van der Waals surface area contributed by atoms with Crippen LogP contribution in [0.4, 0.5) is 10.1 Å². The Kier molecular flexibility index (Phi) is 6.27. The predicted octanol–water partition coefficient (Wildman–Crippen LogP) is 6.79.